The lowest BCUT2D eigenvalue weighted by atomic mass is 9.99. The molecule has 0 aromatic rings. The van der Waals surface area contributed by atoms with Gasteiger partial charge in [-0.1, -0.05) is 6.42 Å². The van der Waals surface area contributed by atoms with Crippen molar-refractivity contribution in [1.29, 1.82) is 0 Å². The molecule has 1 heterocycles. The Morgan fingerprint density at radius 2 is 2.07 bits per heavy atom. The Kier molecular flexibility index (Phi) is 3.42. The molecule has 1 aliphatic heterocycles. The van der Waals surface area contributed by atoms with Gasteiger partial charge in [-0.25, -0.2) is 0 Å². The van der Waals surface area contributed by atoms with Crippen LogP contribution in [0.4, 0.5) is 0 Å². The van der Waals surface area contributed by atoms with Crippen LogP contribution in [0.15, 0.2) is 0 Å². The molecule has 0 amide bonds. The minimum absolute atomic E-state index is 0.325. The number of rotatable bonds is 2. The van der Waals surface area contributed by atoms with Crippen molar-refractivity contribution in [2.45, 2.75) is 56.7 Å². The largest absolute Gasteiger partial charge is 0.395 e. The molecule has 14 heavy (non-hydrogen) atoms. The molecule has 0 aromatic heterocycles. The minimum atomic E-state index is 0.325. The summed E-state index contributed by atoms with van der Waals surface area (Å²) in [5.41, 5.74) is 5.93. The van der Waals surface area contributed by atoms with Gasteiger partial charge in [-0.2, -0.15) is 0 Å². The Bertz CT molecular complexity index is 186. The number of nitrogens with zero attached hydrogens (tertiary/aromatic N) is 1. The SMILES string of the molecule is NC1CCC(N2CCCCC2CO)C1. The second kappa shape index (κ2) is 4.60. The molecule has 1 saturated heterocycles. The van der Waals surface area contributed by atoms with Gasteiger partial charge in [0, 0.05) is 18.1 Å². The summed E-state index contributed by atoms with van der Waals surface area (Å²) in [5, 5.41) is 9.31. The molecule has 1 aliphatic carbocycles. The van der Waals surface area contributed by atoms with E-state index in [1.165, 1.54) is 38.6 Å². The van der Waals surface area contributed by atoms with E-state index in [9.17, 15) is 5.11 Å². The predicted octanol–water partition coefficient (Wildman–Crippen LogP) is 0.713. The second-order valence-corrected chi connectivity index (χ2v) is 4.80. The Morgan fingerprint density at radius 1 is 1.21 bits per heavy atom. The van der Waals surface area contributed by atoms with Crippen LogP contribution in [-0.4, -0.2) is 41.3 Å². The summed E-state index contributed by atoms with van der Waals surface area (Å²) >= 11 is 0. The Morgan fingerprint density at radius 3 is 2.71 bits per heavy atom. The van der Waals surface area contributed by atoms with Crippen LogP contribution in [0, 0.1) is 0 Å². The zero-order valence-electron chi connectivity index (χ0n) is 8.86. The van der Waals surface area contributed by atoms with E-state index >= 15 is 0 Å². The molecule has 0 bridgehead atoms. The van der Waals surface area contributed by atoms with Crippen LogP contribution in [0.1, 0.15) is 38.5 Å². The van der Waals surface area contributed by atoms with Crippen molar-refractivity contribution in [2.75, 3.05) is 13.2 Å². The fraction of sp³-hybridized carbons (Fsp3) is 1.00. The number of piperidine rings is 1. The van der Waals surface area contributed by atoms with Gasteiger partial charge in [0.25, 0.3) is 0 Å². The summed E-state index contributed by atoms with van der Waals surface area (Å²) in [6.45, 7) is 1.49. The van der Waals surface area contributed by atoms with Crippen LogP contribution in [0.3, 0.4) is 0 Å². The second-order valence-electron chi connectivity index (χ2n) is 4.80. The Balaban J connectivity index is 1.93. The maximum Gasteiger partial charge on any atom is 0.0586 e. The van der Waals surface area contributed by atoms with E-state index in [0.717, 1.165) is 6.42 Å². The summed E-state index contributed by atoms with van der Waals surface area (Å²) in [5.74, 6) is 0. The molecule has 0 aromatic carbocycles. The molecule has 2 fully saturated rings. The fourth-order valence-electron chi connectivity index (χ4n) is 2.99. The average molecular weight is 198 g/mol. The van der Waals surface area contributed by atoms with Crippen LogP contribution in [0.5, 0.6) is 0 Å². The highest BCUT2D eigenvalue weighted by molar-refractivity contribution is 4.89. The highest BCUT2D eigenvalue weighted by Crippen LogP contribution is 2.28. The van der Waals surface area contributed by atoms with Crippen molar-refractivity contribution in [3.63, 3.8) is 0 Å². The van der Waals surface area contributed by atoms with E-state index in [1.807, 2.05) is 0 Å². The first-order valence-corrected chi connectivity index (χ1v) is 5.93. The standard InChI is InChI=1S/C11H22N2O/c12-9-4-5-10(7-9)13-6-2-1-3-11(13)8-14/h9-11,14H,1-8,12H2. The van der Waals surface area contributed by atoms with Crippen LogP contribution in [-0.2, 0) is 0 Å². The quantitative estimate of drug-likeness (QED) is 0.687. The molecule has 2 rings (SSSR count). The van der Waals surface area contributed by atoms with Crippen molar-refractivity contribution < 1.29 is 5.11 Å². The van der Waals surface area contributed by atoms with Crippen molar-refractivity contribution in [2.24, 2.45) is 5.73 Å². The van der Waals surface area contributed by atoms with Gasteiger partial charge in [0.05, 0.1) is 6.61 Å². The van der Waals surface area contributed by atoms with Gasteiger partial charge in [-0.3, -0.25) is 4.90 Å². The van der Waals surface area contributed by atoms with Crippen LogP contribution in [0.2, 0.25) is 0 Å². The molecule has 3 atom stereocenters. The van der Waals surface area contributed by atoms with Gasteiger partial charge in [0.15, 0.2) is 0 Å². The Labute approximate surface area is 86.3 Å². The molecular weight excluding hydrogens is 176 g/mol. The summed E-state index contributed by atoms with van der Waals surface area (Å²) in [6.07, 6.45) is 7.28. The molecule has 3 heteroatoms. The minimum Gasteiger partial charge on any atom is -0.395 e. The van der Waals surface area contributed by atoms with E-state index in [-0.39, 0.29) is 0 Å². The first-order chi connectivity index (χ1) is 6.81. The maximum atomic E-state index is 9.31. The molecule has 0 radical (unpaired) electrons. The van der Waals surface area contributed by atoms with Crippen LogP contribution in [0.25, 0.3) is 0 Å². The van der Waals surface area contributed by atoms with E-state index in [4.69, 9.17) is 5.73 Å². The molecule has 82 valence electrons. The van der Waals surface area contributed by atoms with Crippen LogP contribution >= 0.6 is 0 Å². The fourth-order valence-corrected chi connectivity index (χ4v) is 2.99. The number of nitrogens with two attached hydrogens (primary N) is 1. The lowest BCUT2D eigenvalue weighted by Gasteiger charge is -2.39. The normalized spacial score (nSPS) is 40.3. The molecule has 2 aliphatic rings. The summed E-state index contributed by atoms with van der Waals surface area (Å²) in [6, 6.07) is 1.47. The number of hydrogen-bond donors (Lipinski definition) is 2. The zero-order chi connectivity index (χ0) is 9.97. The Hall–Kier alpha value is -0.120. The van der Waals surface area contributed by atoms with Gasteiger partial charge in [0.1, 0.15) is 0 Å². The van der Waals surface area contributed by atoms with E-state index in [1.54, 1.807) is 0 Å². The van der Waals surface area contributed by atoms with E-state index in [2.05, 4.69) is 4.90 Å². The number of likely N-dealkylation sites (tertiary alicyclic amines) is 1. The molecule has 0 spiro atoms. The summed E-state index contributed by atoms with van der Waals surface area (Å²) in [4.78, 5) is 2.51. The monoisotopic (exact) mass is 198 g/mol. The summed E-state index contributed by atoms with van der Waals surface area (Å²) in [7, 11) is 0. The highest BCUT2D eigenvalue weighted by atomic mass is 16.3. The third-order valence-electron chi connectivity index (χ3n) is 3.80. The third kappa shape index (κ3) is 2.10. The van der Waals surface area contributed by atoms with Gasteiger partial charge < -0.3 is 10.8 Å². The van der Waals surface area contributed by atoms with E-state index < -0.39 is 0 Å². The number of hydrogen-bond acceptors (Lipinski definition) is 3. The van der Waals surface area contributed by atoms with Gasteiger partial charge in [-0.05, 0) is 38.6 Å². The summed E-state index contributed by atoms with van der Waals surface area (Å²) < 4.78 is 0. The molecule has 3 unspecified atom stereocenters. The molecule has 3 N–H and O–H groups in total. The number of aliphatic hydroxyl groups is 1. The van der Waals surface area contributed by atoms with Crippen molar-refractivity contribution >= 4 is 0 Å². The number of aliphatic hydroxyl groups excluding tert-OH is 1. The van der Waals surface area contributed by atoms with Gasteiger partial charge in [0.2, 0.25) is 0 Å². The topological polar surface area (TPSA) is 49.5 Å². The predicted molar refractivity (Wildman–Crippen MR) is 57.0 cm³/mol. The first-order valence-electron chi connectivity index (χ1n) is 5.93. The van der Waals surface area contributed by atoms with Gasteiger partial charge >= 0.3 is 0 Å². The molecule has 1 saturated carbocycles. The maximum absolute atomic E-state index is 9.31. The zero-order valence-corrected chi connectivity index (χ0v) is 8.86. The van der Waals surface area contributed by atoms with Crippen LogP contribution < -0.4 is 5.73 Å². The highest BCUT2D eigenvalue weighted by Gasteiger charge is 2.32. The van der Waals surface area contributed by atoms with Crippen molar-refractivity contribution in [3.8, 4) is 0 Å². The smallest absolute Gasteiger partial charge is 0.0586 e. The third-order valence-corrected chi connectivity index (χ3v) is 3.80. The van der Waals surface area contributed by atoms with Gasteiger partial charge in [-0.15, -0.1) is 0 Å². The van der Waals surface area contributed by atoms with Crippen molar-refractivity contribution in [1.82, 2.24) is 4.90 Å². The lowest BCUT2D eigenvalue weighted by molar-refractivity contribution is 0.0547. The molecular formula is C11H22N2O. The average Bonchev–Trinajstić information content (AvgIpc) is 2.65. The molecule has 3 nitrogen and oxygen atoms in total. The first kappa shape index (κ1) is 10.4. The lowest BCUT2D eigenvalue weighted by Crippen LogP contribution is -2.47. The van der Waals surface area contributed by atoms with Crippen molar-refractivity contribution in [3.05, 3.63) is 0 Å². The van der Waals surface area contributed by atoms with E-state index in [0.29, 0.717) is 24.7 Å².